The maximum Gasteiger partial charge on any atom is 0.175 e. The van der Waals surface area contributed by atoms with Crippen LogP contribution in [0.3, 0.4) is 0 Å². The summed E-state index contributed by atoms with van der Waals surface area (Å²) in [5.74, 6) is -2.54. The van der Waals surface area contributed by atoms with Crippen LogP contribution in [0.25, 0.3) is 16.5 Å². The van der Waals surface area contributed by atoms with Crippen molar-refractivity contribution in [1.82, 2.24) is 0 Å². The Morgan fingerprint density at radius 1 is 1.07 bits per heavy atom. The topological polar surface area (TPSA) is 18.5 Å². The van der Waals surface area contributed by atoms with E-state index in [4.69, 9.17) is 9.47 Å². The van der Waals surface area contributed by atoms with Crippen molar-refractivity contribution in [1.29, 1.82) is 0 Å². The lowest BCUT2D eigenvalue weighted by molar-refractivity contribution is 0.190. The van der Waals surface area contributed by atoms with Gasteiger partial charge in [0.2, 0.25) is 0 Å². The van der Waals surface area contributed by atoms with E-state index in [-0.39, 0.29) is 23.3 Å². The number of ether oxygens (including phenoxy) is 2. The third-order valence-electron chi connectivity index (χ3n) is 4.98. The van der Waals surface area contributed by atoms with Crippen LogP contribution in [0, 0.1) is 23.4 Å². The van der Waals surface area contributed by atoms with Crippen LogP contribution >= 0.6 is 0 Å². The molecule has 0 bridgehead atoms. The second kappa shape index (κ2) is 8.68. The Morgan fingerprint density at radius 2 is 1.89 bits per heavy atom. The standard InChI is InChI=1S/C22H25F3O2/c1-3-5-6-7-14-8-10-17(27-13-14)16-12-15-9-11-18(26-4-2)21(24)19(15)22(25)20(16)23/h9-12,14H,3-8,13H2,1-2H3. The van der Waals surface area contributed by atoms with Gasteiger partial charge in [0.15, 0.2) is 23.2 Å². The number of fused-ring (bicyclic) bond motifs is 1. The quantitative estimate of drug-likeness (QED) is 0.505. The minimum absolute atomic E-state index is 0.0376. The van der Waals surface area contributed by atoms with Crippen LogP contribution in [0.2, 0.25) is 0 Å². The highest BCUT2D eigenvalue weighted by atomic mass is 19.2. The number of hydrogen-bond donors (Lipinski definition) is 0. The van der Waals surface area contributed by atoms with Gasteiger partial charge in [0, 0.05) is 0 Å². The van der Waals surface area contributed by atoms with Crippen LogP contribution in [0.5, 0.6) is 5.75 Å². The molecule has 1 heterocycles. The van der Waals surface area contributed by atoms with E-state index in [1.165, 1.54) is 24.6 Å². The first-order valence-corrected chi connectivity index (χ1v) is 9.63. The molecule has 0 aromatic heterocycles. The molecule has 0 radical (unpaired) electrons. The van der Waals surface area contributed by atoms with Crippen molar-refractivity contribution in [3.8, 4) is 5.75 Å². The number of benzene rings is 2. The molecule has 0 amide bonds. The van der Waals surface area contributed by atoms with E-state index < -0.39 is 22.8 Å². The maximum absolute atomic E-state index is 14.7. The molecule has 146 valence electrons. The van der Waals surface area contributed by atoms with E-state index in [9.17, 15) is 13.2 Å². The number of hydrogen-bond acceptors (Lipinski definition) is 2. The fourth-order valence-corrected chi connectivity index (χ4v) is 3.49. The second-order valence-corrected chi connectivity index (χ2v) is 6.94. The first-order valence-electron chi connectivity index (χ1n) is 9.63. The predicted octanol–water partition coefficient (Wildman–Crippen LogP) is 6.61. The molecule has 0 N–H and O–H groups in total. The maximum atomic E-state index is 14.7. The summed E-state index contributed by atoms with van der Waals surface area (Å²) in [7, 11) is 0. The molecule has 0 fully saturated rings. The highest BCUT2D eigenvalue weighted by Crippen LogP contribution is 2.35. The van der Waals surface area contributed by atoms with Crippen molar-refractivity contribution < 1.29 is 22.6 Å². The van der Waals surface area contributed by atoms with Gasteiger partial charge in [-0.2, -0.15) is 0 Å². The molecule has 2 aromatic rings. The molecule has 0 spiro atoms. The van der Waals surface area contributed by atoms with E-state index in [1.54, 1.807) is 6.92 Å². The summed E-state index contributed by atoms with van der Waals surface area (Å²) in [4.78, 5) is 0. The third kappa shape index (κ3) is 4.07. The van der Waals surface area contributed by atoms with E-state index in [0.29, 0.717) is 18.3 Å². The lowest BCUT2D eigenvalue weighted by Crippen LogP contribution is -2.14. The van der Waals surface area contributed by atoms with Gasteiger partial charge in [0.05, 0.1) is 24.2 Å². The largest absolute Gasteiger partial charge is 0.493 e. The average Bonchev–Trinajstić information content (AvgIpc) is 2.67. The molecule has 3 rings (SSSR count). The fraction of sp³-hybridized carbons (Fsp3) is 0.455. The minimum Gasteiger partial charge on any atom is -0.493 e. The van der Waals surface area contributed by atoms with Gasteiger partial charge in [-0.1, -0.05) is 32.3 Å². The molecule has 0 aliphatic carbocycles. The molecule has 5 heteroatoms. The predicted molar refractivity (Wildman–Crippen MR) is 101 cm³/mol. The summed E-state index contributed by atoms with van der Waals surface area (Å²) in [5, 5.41) is -0.115. The summed E-state index contributed by atoms with van der Waals surface area (Å²) in [6.45, 7) is 4.59. The smallest absolute Gasteiger partial charge is 0.175 e. The Labute approximate surface area is 158 Å². The highest BCUT2D eigenvalue weighted by Gasteiger charge is 2.24. The number of rotatable bonds is 7. The van der Waals surface area contributed by atoms with Crippen LogP contribution < -0.4 is 4.74 Å². The molecular formula is C22H25F3O2. The van der Waals surface area contributed by atoms with Crippen LogP contribution in [-0.2, 0) is 4.74 Å². The highest BCUT2D eigenvalue weighted by molar-refractivity contribution is 5.88. The Balaban J connectivity index is 1.90. The number of unbranched alkanes of at least 4 members (excludes halogenated alkanes) is 2. The van der Waals surface area contributed by atoms with Crippen LogP contribution in [-0.4, -0.2) is 13.2 Å². The minimum atomic E-state index is -1.21. The summed E-state index contributed by atoms with van der Waals surface area (Å²) in [5.41, 5.74) is 0.0376. The summed E-state index contributed by atoms with van der Waals surface area (Å²) in [6.07, 6.45) is 7.15. The van der Waals surface area contributed by atoms with E-state index in [0.717, 1.165) is 25.7 Å². The molecule has 1 aliphatic heterocycles. The van der Waals surface area contributed by atoms with Crippen LogP contribution in [0.15, 0.2) is 24.3 Å². The number of halogens is 3. The van der Waals surface area contributed by atoms with E-state index in [2.05, 4.69) is 6.92 Å². The summed E-state index contributed by atoms with van der Waals surface area (Å²) in [6, 6.07) is 4.41. The van der Waals surface area contributed by atoms with Gasteiger partial charge in [0.25, 0.3) is 0 Å². The van der Waals surface area contributed by atoms with Gasteiger partial charge >= 0.3 is 0 Å². The molecule has 1 aliphatic rings. The number of allylic oxidation sites excluding steroid dienone is 1. The van der Waals surface area contributed by atoms with Crippen molar-refractivity contribution in [2.75, 3.05) is 13.2 Å². The molecule has 1 unspecified atom stereocenters. The Kier molecular flexibility index (Phi) is 6.30. The first kappa shape index (κ1) is 19.6. The van der Waals surface area contributed by atoms with Gasteiger partial charge in [-0.15, -0.1) is 0 Å². The van der Waals surface area contributed by atoms with Crippen molar-refractivity contribution in [2.24, 2.45) is 5.92 Å². The van der Waals surface area contributed by atoms with Crippen LogP contribution in [0.1, 0.15) is 51.5 Å². The lowest BCUT2D eigenvalue weighted by atomic mass is 9.95. The van der Waals surface area contributed by atoms with E-state index in [1.807, 2.05) is 6.08 Å². The lowest BCUT2D eigenvalue weighted by Gasteiger charge is -2.24. The van der Waals surface area contributed by atoms with Gasteiger partial charge < -0.3 is 9.47 Å². The fourth-order valence-electron chi connectivity index (χ4n) is 3.49. The Hall–Kier alpha value is -2.17. The van der Waals surface area contributed by atoms with Crippen molar-refractivity contribution >= 4 is 16.5 Å². The van der Waals surface area contributed by atoms with Crippen molar-refractivity contribution in [2.45, 2.75) is 46.0 Å². The van der Waals surface area contributed by atoms with E-state index >= 15 is 0 Å². The molecule has 0 saturated heterocycles. The molecule has 2 aromatic carbocycles. The molecule has 0 saturated carbocycles. The van der Waals surface area contributed by atoms with Gasteiger partial charge in [-0.25, -0.2) is 13.2 Å². The van der Waals surface area contributed by atoms with Crippen LogP contribution in [0.4, 0.5) is 13.2 Å². The van der Waals surface area contributed by atoms with Crippen molar-refractivity contribution in [3.63, 3.8) is 0 Å². The van der Waals surface area contributed by atoms with Crippen molar-refractivity contribution in [3.05, 3.63) is 47.3 Å². The van der Waals surface area contributed by atoms with Gasteiger partial charge in [-0.05, 0) is 49.3 Å². The third-order valence-corrected chi connectivity index (χ3v) is 4.98. The second-order valence-electron chi connectivity index (χ2n) is 6.94. The van der Waals surface area contributed by atoms with Gasteiger partial charge in [0.1, 0.15) is 5.76 Å². The zero-order chi connectivity index (χ0) is 19.4. The average molecular weight is 378 g/mol. The normalized spacial score (nSPS) is 16.9. The first-order chi connectivity index (χ1) is 13.1. The Bertz CT molecular complexity index is 845. The van der Waals surface area contributed by atoms with Gasteiger partial charge in [-0.3, -0.25) is 0 Å². The molecule has 2 nitrogen and oxygen atoms in total. The zero-order valence-corrected chi connectivity index (χ0v) is 15.8. The summed E-state index contributed by atoms with van der Waals surface area (Å²) >= 11 is 0. The zero-order valence-electron chi connectivity index (χ0n) is 15.8. The SMILES string of the molecule is CCCCCC1CC=C(c2cc3ccc(OCC)c(F)c3c(F)c2F)OC1. The summed E-state index contributed by atoms with van der Waals surface area (Å²) < 4.78 is 54.6. The molecule has 27 heavy (non-hydrogen) atoms. The Morgan fingerprint density at radius 3 is 2.56 bits per heavy atom. The molecular weight excluding hydrogens is 353 g/mol. The molecule has 1 atom stereocenters. The monoisotopic (exact) mass is 378 g/mol.